The van der Waals surface area contributed by atoms with Crippen molar-refractivity contribution in [3.05, 3.63) is 30.5 Å². The van der Waals surface area contributed by atoms with Crippen LogP contribution in [0.1, 0.15) is 6.42 Å². The quantitative estimate of drug-likeness (QED) is 0.557. The van der Waals surface area contributed by atoms with Crippen LogP contribution >= 0.6 is 0 Å². The second kappa shape index (κ2) is 5.41. The molecule has 1 heterocycles. The van der Waals surface area contributed by atoms with Gasteiger partial charge in [0.25, 0.3) is 0 Å². The van der Waals surface area contributed by atoms with Crippen molar-refractivity contribution in [2.75, 3.05) is 23.3 Å². The second-order valence-corrected chi connectivity index (χ2v) is 5.98. The first kappa shape index (κ1) is 13.6. The summed E-state index contributed by atoms with van der Waals surface area (Å²) in [5.41, 5.74) is 8.26. The predicted molar refractivity (Wildman–Crippen MR) is 77.2 cm³/mol. The van der Waals surface area contributed by atoms with Gasteiger partial charge in [0.15, 0.2) is 0 Å². The van der Waals surface area contributed by atoms with Gasteiger partial charge in [0.1, 0.15) is 0 Å². The third-order valence-electron chi connectivity index (χ3n) is 2.75. The fourth-order valence-corrected chi connectivity index (χ4v) is 2.37. The van der Waals surface area contributed by atoms with Gasteiger partial charge in [0, 0.05) is 18.1 Å². The van der Waals surface area contributed by atoms with Gasteiger partial charge in [-0.05, 0) is 30.7 Å². The molecule has 0 atom stereocenters. The number of nitrogens with two attached hydrogens (primary N) is 2. The highest BCUT2D eigenvalue weighted by Crippen LogP contribution is 2.27. The molecule has 0 fully saturated rings. The van der Waals surface area contributed by atoms with Gasteiger partial charge in [-0.1, -0.05) is 0 Å². The number of fused-ring (bicyclic) bond motifs is 1. The Balaban J connectivity index is 2.07. The Labute approximate surface area is 111 Å². The van der Waals surface area contributed by atoms with Crippen LogP contribution in [-0.2, 0) is 10.0 Å². The van der Waals surface area contributed by atoms with Crippen molar-refractivity contribution in [2.24, 2.45) is 5.14 Å². The predicted octanol–water partition coefficient (Wildman–Crippen LogP) is 0.908. The van der Waals surface area contributed by atoms with Gasteiger partial charge in [-0.2, -0.15) is 0 Å². The summed E-state index contributed by atoms with van der Waals surface area (Å²) >= 11 is 0. The van der Waals surface area contributed by atoms with Crippen LogP contribution in [0, 0.1) is 0 Å². The smallest absolute Gasteiger partial charge is 0.209 e. The second-order valence-electron chi connectivity index (χ2n) is 4.24. The molecule has 0 bridgehead atoms. The number of aromatic nitrogens is 1. The minimum absolute atomic E-state index is 0.0466. The number of pyridine rings is 1. The molecule has 0 radical (unpaired) electrons. The molecule has 0 aliphatic rings. The molecule has 0 amide bonds. The van der Waals surface area contributed by atoms with Crippen LogP contribution in [-0.4, -0.2) is 25.7 Å². The van der Waals surface area contributed by atoms with E-state index in [4.69, 9.17) is 10.9 Å². The van der Waals surface area contributed by atoms with Crippen molar-refractivity contribution in [3.8, 4) is 0 Å². The molecule has 102 valence electrons. The van der Waals surface area contributed by atoms with Gasteiger partial charge in [-0.3, -0.25) is 4.98 Å². The number of hydrogen-bond acceptors (Lipinski definition) is 5. The highest BCUT2D eigenvalue weighted by Gasteiger charge is 2.05. The zero-order chi connectivity index (χ0) is 13.9. The summed E-state index contributed by atoms with van der Waals surface area (Å²) in [6, 6.07) is 7.42. The van der Waals surface area contributed by atoms with Crippen LogP contribution in [0.2, 0.25) is 0 Å². The number of nitrogens with one attached hydrogen (secondary N) is 1. The lowest BCUT2D eigenvalue weighted by molar-refractivity contribution is 0.596. The molecule has 0 aliphatic heterocycles. The first-order chi connectivity index (χ1) is 8.97. The summed E-state index contributed by atoms with van der Waals surface area (Å²) in [5, 5.41) is 8.91. The Bertz CT molecular complexity index is 685. The van der Waals surface area contributed by atoms with E-state index in [0.29, 0.717) is 18.7 Å². The molecule has 6 nitrogen and oxygen atoms in total. The number of benzene rings is 1. The van der Waals surface area contributed by atoms with E-state index in [0.717, 1.165) is 16.6 Å². The Hall–Kier alpha value is -1.86. The van der Waals surface area contributed by atoms with Crippen LogP contribution < -0.4 is 16.2 Å². The number of sulfonamides is 1. The largest absolute Gasteiger partial charge is 0.397 e. The first-order valence-electron chi connectivity index (χ1n) is 5.85. The Morgan fingerprint density at radius 3 is 2.79 bits per heavy atom. The lowest BCUT2D eigenvalue weighted by atomic mass is 10.1. The van der Waals surface area contributed by atoms with Crippen LogP contribution in [0.4, 0.5) is 11.4 Å². The van der Waals surface area contributed by atoms with Gasteiger partial charge in [-0.25, -0.2) is 13.6 Å². The monoisotopic (exact) mass is 280 g/mol. The van der Waals surface area contributed by atoms with Crippen LogP contribution in [0.15, 0.2) is 30.5 Å². The molecule has 2 rings (SSSR count). The van der Waals surface area contributed by atoms with Crippen molar-refractivity contribution in [2.45, 2.75) is 6.42 Å². The third-order valence-corrected chi connectivity index (χ3v) is 3.61. The summed E-state index contributed by atoms with van der Waals surface area (Å²) in [6.45, 7) is 0.492. The lowest BCUT2D eigenvalue weighted by Gasteiger charge is -2.11. The van der Waals surface area contributed by atoms with Crippen LogP contribution in [0.25, 0.3) is 10.9 Å². The normalized spacial score (nSPS) is 11.6. The maximum Gasteiger partial charge on any atom is 0.209 e. The number of nitrogen functional groups attached to an aromatic ring is 1. The van der Waals surface area contributed by atoms with E-state index in [1.165, 1.54) is 0 Å². The topological polar surface area (TPSA) is 111 Å². The van der Waals surface area contributed by atoms with Gasteiger partial charge < -0.3 is 11.1 Å². The molecule has 0 aliphatic carbocycles. The summed E-state index contributed by atoms with van der Waals surface area (Å²) in [7, 11) is -3.40. The zero-order valence-electron chi connectivity index (χ0n) is 10.3. The average Bonchev–Trinajstić information content (AvgIpc) is 2.36. The number of hydrogen-bond donors (Lipinski definition) is 3. The van der Waals surface area contributed by atoms with E-state index in [-0.39, 0.29) is 5.75 Å². The summed E-state index contributed by atoms with van der Waals surface area (Å²) in [5.74, 6) is -0.0466. The van der Waals surface area contributed by atoms with Crippen molar-refractivity contribution >= 4 is 32.3 Å². The maximum atomic E-state index is 10.8. The molecule has 0 saturated heterocycles. The van der Waals surface area contributed by atoms with E-state index in [9.17, 15) is 8.42 Å². The molecule has 2 aromatic rings. The summed E-state index contributed by atoms with van der Waals surface area (Å²) in [6.07, 6.45) is 2.14. The lowest BCUT2D eigenvalue weighted by Crippen LogP contribution is -2.18. The van der Waals surface area contributed by atoms with Crippen molar-refractivity contribution in [1.82, 2.24) is 4.98 Å². The zero-order valence-corrected chi connectivity index (χ0v) is 11.2. The van der Waals surface area contributed by atoms with Crippen LogP contribution in [0.5, 0.6) is 0 Å². The van der Waals surface area contributed by atoms with Crippen molar-refractivity contribution in [1.29, 1.82) is 0 Å². The number of rotatable bonds is 5. The highest BCUT2D eigenvalue weighted by molar-refractivity contribution is 7.89. The summed E-state index contributed by atoms with van der Waals surface area (Å²) < 4.78 is 21.6. The molecule has 5 N–H and O–H groups in total. The first-order valence-corrected chi connectivity index (χ1v) is 7.56. The minimum atomic E-state index is -3.40. The Morgan fingerprint density at radius 2 is 2.05 bits per heavy atom. The van der Waals surface area contributed by atoms with Gasteiger partial charge >= 0.3 is 0 Å². The van der Waals surface area contributed by atoms with Crippen LogP contribution in [0.3, 0.4) is 0 Å². The molecule has 1 aromatic heterocycles. The molecule has 0 spiro atoms. The van der Waals surface area contributed by atoms with E-state index in [1.807, 2.05) is 24.3 Å². The highest BCUT2D eigenvalue weighted by atomic mass is 32.2. The SMILES string of the molecule is Nc1c(NCCCS(N)(=O)=O)ccc2ncccc12. The molecular formula is C12H16N4O2S. The van der Waals surface area contributed by atoms with Gasteiger partial charge in [-0.15, -0.1) is 0 Å². The minimum Gasteiger partial charge on any atom is -0.397 e. The van der Waals surface area contributed by atoms with E-state index < -0.39 is 10.0 Å². The van der Waals surface area contributed by atoms with Crippen molar-refractivity contribution in [3.63, 3.8) is 0 Å². The fourth-order valence-electron chi connectivity index (χ4n) is 1.83. The Kier molecular flexibility index (Phi) is 3.87. The summed E-state index contributed by atoms with van der Waals surface area (Å²) in [4.78, 5) is 4.21. The molecule has 7 heteroatoms. The number of anilines is 2. The third kappa shape index (κ3) is 3.55. The number of nitrogens with zero attached hydrogens (tertiary/aromatic N) is 1. The molecule has 1 aromatic carbocycles. The van der Waals surface area contributed by atoms with E-state index in [2.05, 4.69) is 10.3 Å². The number of primary sulfonamides is 1. The molecule has 19 heavy (non-hydrogen) atoms. The Morgan fingerprint density at radius 1 is 1.26 bits per heavy atom. The fraction of sp³-hybridized carbons (Fsp3) is 0.250. The van der Waals surface area contributed by atoms with Crippen molar-refractivity contribution < 1.29 is 8.42 Å². The average molecular weight is 280 g/mol. The molecular weight excluding hydrogens is 264 g/mol. The van der Waals surface area contributed by atoms with E-state index in [1.54, 1.807) is 6.20 Å². The van der Waals surface area contributed by atoms with E-state index >= 15 is 0 Å². The molecule has 0 saturated carbocycles. The maximum absolute atomic E-state index is 10.8. The van der Waals surface area contributed by atoms with Gasteiger partial charge in [0.05, 0.1) is 22.6 Å². The van der Waals surface area contributed by atoms with Gasteiger partial charge in [0.2, 0.25) is 10.0 Å². The standard InChI is InChI=1S/C12H16N4O2S/c13-12-9-3-1-6-15-10(9)4-5-11(12)16-7-2-8-19(14,17)18/h1,3-6,16H,2,7-8,13H2,(H2,14,17,18). The molecule has 0 unspecified atom stereocenters.